The fourth-order valence-electron chi connectivity index (χ4n) is 3.69. The Kier molecular flexibility index (Phi) is 14.0. The molecule has 7 N–H and O–H groups in total. The van der Waals surface area contributed by atoms with Gasteiger partial charge in [-0.2, -0.15) is 31.6 Å². The van der Waals surface area contributed by atoms with E-state index in [-0.39, 0.29) is 23.0 Å². The number of carbonyl (C=O) groups excluding carboxylic acids is 2. The maximum Gasteiger partial charge on any atom is 0.490 e. The Bertz CT molecular complexity index is 1850. The van der Waals surface area contributed by atoms with Crippen LogP contribution in [0.1, 0.15) is 26.3 Å². The van der Waals surface area contributed by atoms with Crippen molar-refractivity contribution in [3.05, 3.63) is 102 Å². The molecule has 0 atom stereocenters. The van der Waals surface area contributed by atoms with Gasteiger partial charge in [-0.25, -0.2) is 14.6 Å². The van der Waals surface area contributed by atoms with Gasteiger partial charge in [0.15, 0.2) is 5.82 Å². The number of hydrogen-bond acceptors (Lipinski definition) is 8. The molecule has 18 heteroatoms. The minimum absolute atomic E-state index is 0.00379. The maximum atomic E-state index is 12.9. The number of nitrogens with one attached hydrogen (secondary N) is 2. The molecule has 4 rings (SSSR count). The van der Waals surface area contributed by atoms with Crippen molar-refractivity contribution in [1.82, 2.24) is 10.3 Å². The number of carboxylic acids is 2. The monoisotopic (exact) mass is 705 g/mol. The van der Waals surface area contributed by atoms with Crippen molar-refractivity contribution < 1.29 is 60.8 Å². The van der Waals surface area contributed by atoms with Gasteiger partial charge in [0.05, 0.1) is 5.69 Å². The molecule has 4 aromatic rings. The zero-order chi connectivity index (χ0) is 37.6. The number of nitrogens with two attached hydrogens (primary N) is 1. The summed E-state index contributed by atoms with van der Waals surface area (Å²) in [7, 11) is 0. The molecule has 1 heterocycles. The lowest BCUT2D eigenvalue weighted by Crippen LogP contribution is -2.28. The summed E-state index contributed by atoms with van der Waals surface area (Å²) in [5, 5.41) is 40.2. The Labute approximate surface area is 278 Å². The molecule has 0 aliphatic heterocycles. The summed E-state index contributed by atoms with van der Waals surface area (Å²) in [6.07, 6.45) is -10.2. The van der Waals surface area contributed by atoms with E-state index in [0.29, 0.717) is 46.6 Å². The number of amides is 2. The van der Waals surface area contributed by atoms with Gasteiger partial charge < -0.3 is 31.7 Å². The molecule has 50 heavy (non-hydrogen) atoms. The van der Waals surface area contributed by atoms with Crippen molar-refractivity contribution in [3.8, 4) is 34.2 Å². The predicted octanol–water partition coefficient (Wildman–Crippen LogP) is 5.20. The van der Waals surface area contributed by atoms with Crippen LogP contribution < -0.4 is 16.4 Å². The van der Waals surface area contributed by atoms with Crippen LogP contribution in [0.3, 0.4) is 0 Å². The molecular weight excluding hydrogens is 680 g/mol. The van der Waals surface area contributed by atoms with Crippen LogP contribution in [0.4, 0.5) is 32.2 Å². The summed E-state index contributed by atoms with van der Waals surface area (Å²) in [5.74, 6) is -6.21. The lowest BCUT2D eigenvalue weighted by Gasteiger charge is -2.15. The molecule has 0 unspecified atom stereocenters. The van der Waals surface area contributed by atoms with Crippen LogP contribution in [0.25, 0.3) is 22.4 Å². The van der Waals surface area contributed by atoms with Gasteiger partial charge in [0.2, 0.25) is 0 Å². The molecule has 0 spiro atoms. The SMILES string of the molecule is N#Cc1c(-c2cccc(C(=O)NCCN)c2)cc(-c2ccccc2O)nc1NC(=O)c1ccccc1.O=C(O)C(F)(F)F.O=C(O)C(F)(F)F. The second kappa shape index (κ2) is 17.6. The van der Waals surface area contributed by atoms with Gasteiger partial charge in [0.25, 0.3) is 11.8 Å². The highest BCUT2D eigenvalue weighted by atomic mass is 19.4. The molecule has 12 nitrogen and oxygen atoms in total. The highest BCUT2D eigenvalue weighted by Crippen LogP contribution is 2.35. The van der Waals surface area contributed by atoms with Crippen molar-refractivity contribution in [1.29, 1.82) is 5.26 Å². The third-order valence-corrected chi connectivity index (χ3v) is 5.93. The molecule has 1 aromatic heterocycles. The fourth-order valence-corrected chi connectivity index (χ4v) is 3.69. The number of aromatic nitrogens is 1. The van der Waals surface area contributed by atoms with E-state index in [2.05, 4.69) is 21.7 Å². The minimum atomic E-state index is -5.08. The van der Waals surface area contributed by atoms with Gasteiger partial charge in [0, 0.05) is 35.3 Å². The smallest absolute Gasteiger partial charge is 0.490 e. The number of nitrogens with zero attached hydrogens (tertiary/aromatic N) is 2. The lowest BCUT2D eigenvalue weighted by atomic mass is 9.96. The Hall–Kier alpha value is -6.48. The number of pyridine rings is 1. The number of phenolic OH excluding ortho intramolecular Hbond substituents is 1. The van der Waals surface area contributed by atoms with Crippen molar-refractivity contribution in [2.24, 2.45) is 5.73 Å². The number of carbonyl (C=O) groups is 4. The van der Waals surface area contributed by atoms with Crippen LogP contribution in [0.15, 0.2) is 84.9 Å². The first-order valence-corrected chi connectivity index (χ1v) is 13.7. The number of para-hydroxylation sites is 1. The maximum absolute atomic E-state index is 12.9. The molecule has 3 aromatic carbocycles. The highest BCUT2D eigenvalue weighted by Gasteiger charge is 2.38. The number of hydrogen-bond donors (Lipinski definition) is 6. The number of phenols is 1. The summed E-state index contributed by atoms with van der Waals surface area (Å²) in [6, 6.07) is 25.8. The van der Waals surface area contributed by atoms with E-state index in [0.717, 1.165) is 0 Å². The lowest BCUT2D eigenvalue weighted by molar-refractivity contribution is -0.193. The summed E-state index contributed by atoms with van der Waals surface area (Å²) in [5.41, 5.74) is 8.19. The zero-order valence-corrected chi connectivity index (χ0v) is 25.2. The number of aromatic hydroxyl groups is 1. The molecule has 0 saturated carbocycles. The normalized spacial score (nSPS) is 10.6. The molecule has 2 amide bonds. The summed E-state index contributed by atoms with van der Waals surface area (Å²) in [6.45, 7) is 0.637. The van der Waals surface area contributed by atoms with Crippen molar-refractivity contribution in [3.63, 3.8) is 0 Å². The van der Waals surface area contributed by atoms with Gasteiger partial charge in [-0.05, 0) is 48.0 Å². The van der Waals surface area contributed by atoms with Crippen LogP contribution in [0.2, 0.25) is 0 Å². The van der Waals surface area contributed by atoms with Gasteiger partial charge in [-0.1, -0.05) is 42.5 Å². The summed E-state index contributed by atoms with van der Waals surface area (Å²) in [4.78, 5) is 47.7. The standard InChI is InChI=1S/C28H23N5O3.2C2HF3O2/c29-13-14-31-27(35)20-10-6-9-19(15-20)22-16-24(21-11-4-5-12-25(21)34)32-26(23(22)17-30)33-28(36)18-7-2-1-3-8-18;2*3-2(4,5)1(6)7/h1-12,15-16,34H,13-14,29H2,(H,31,35)(H,32,33,36);2*(H,6,7). The van der Waals surface area contributed by atoms with Gasteiger partial charge in [0.1, 0.15) is 17.4 Å². The number of alkyl halides is 6. The average molecular weight is 706 g/mol. The predicted molar refractivity (Wildman–Crippen MR) is 165 cm³/mol. The number of carboxylic acid groups (broad SMARTS) is 2. The minimum Gasteiger partial charge on any atom is -0.507 e. The van der Waals surface area contributed by atoms with Gasteiger partial charge in [-0.15, -0.1) is 0 Å². The Balaban J connectivity index is 0.000000521. The number of rotatable bonds is 7. The average Bonchev–Trinajstić information content (AvgIpc) is 3.07. The van der Waals surface area contributed by atoms with Crippen LogP contribution >= 0.6 is 0 Å². The van der Waals surface area contributed by atoms with E-state index in [4.69, 9.17) is 25.5 Å². The first-order valence-electron chi connectivity index (χ1n) is 13.7. The Morgan fingerprint density at radius 2 is 1.30 bits per heavy atom. The van der Waals surface area contributed by atoms with Crippen molar-refractivity contribution in [2.75, 3.05) is 18.4 Å². The third-order valence-electron chi connectivity index (χ3n) is 5.93. The van der Waals surface area contributed by atoms with Crippen LogP contribution in [-0.4, -0.2) is 69.5 Å². The molecule has 0 aliphatic rings. The molecular formula is C32H25F6N5O7. The first-order chi connectivity index (χ1) is 23.4. The molecule has 0 radical (unpaired) electrons. The van der Waals surface area contributed by atoms with E-state index in [1.54, 1.807) is 78.9 Å². The van der Waals surface area contributed by atoms with Crippen LogP contribution in [-0.2, 0) is 9.59 Å². The number of halogens is 6. The van der Waals surface area contributed by atoms with Crippen LogP contribution in [0, 0.1) is 11.3 Å². The number of aliphatic carboxylic acids is 2. The first kappa shape index (κ1) is 39.7. The Morgan fingerprint density at radius 3 is 1.82 bits per heavy atom. The van der Waals surface area contributed by atoms with Crippen molar-refractivity contribution >= 4 is 29.6 Å². The number of benzene rings is 3. The number of anilines is 1. The van der Waals surface area contributed by atoms with Gasteiger partial charge >= 0.3 is 24.3 Å². The third kappa shape index (κ3) is 11.6. The zero-order valence-electron chi connectivity index (χ0n) is 25.2. The molecule has 262 valence electrons. The van der Waals surface area contributed by atoms with E-state index in [1.807, 2.05) is 0 Å². The molecule has 0 bridgehead atoms. The second-order valence-corrected chi connectivity index (χ2v) is 9.46. The van der Waals surface area contributed by atoms with Crippen LogP contribution in [0.5, 0.6) is 5.75 Å². The highest BCUT2D eigenvalue weighted by molar-refractivity contribution is 6.05. The molecule has 0 saturated heterocycles. The number of nitriles is 1. The summed E-state index contributed by atoms with van der Waals surface area (Å²) < 4.78 is 63.5. The topological polar surface area (TPSA) is 216 Å². The quantitative estimate of drug-likeness (QED) is 0.138. The van der Waals surface area contributed by atoms with Gasteiger partial charge in [-0.3, -0.25) is 9.59 Å². The van der Waals surface area contributed by atoms with Crippen molar-refractivity contribution in [2.45, 2.75) is 12.4 Å². The van der Waals surface area contributed by atoms with E-state index in [1.165, 1.54) is 6.07 Å². The molecule has 0 fully saturated rings. The Morgan fingerprint density at radius 1 is 0.760 bits per heavy atom. The second-order valence-electron chi connectivity index (χ2n) is 9.46. The van der Waals surface area contributed by atoms with E-state index in [9.17, 15) is 46.3 Å². The molecule has 0 aliphatic carbocycles. The summed E-state index contributed by atoms with van der Waals surface area (Å²) >= 11 is 0. The largest absolute Gasteiger partial charge is 0.507 e. The van der Waals surface area contributed by atoms with E-state index >= 15 is 0 Å². The fraction of sp³-hybridized carbons (Fsp3) is 0.125. The van der Waals surface area contributed by atoms with E-state index < -0.39 is 30.2 Å².